The number of anilines is 1. The lowest BCUT2D eigenvalue weighted by atomic mass is 9.90. The third-order valence-corrected chi connectivity index (χ3v) is 5.97. The minimum atomic E-state index is -0.210. The third kappa shape index (κ3) is 6.21. The first-order valence-electron chi connectivity index (χ1n) is 11.4. The maximum atomic E-state index is 13.4. The van der Waals surface area contributed by atoms with E-state index in [0.717, 1.165) is 38.1 Å². The van der Waals surface area contributed by atoms with E-state index in [2.05, 4.69) is 61.4 Å². The highest BCUT2D eigenvalue weighted by atomic mass is 16.3. The lowest BCUT2D eigenvalue weighted by Crippen LogP contribution is -2.39. The Morgan fingerprint density at radius 3 is 2.48 bits per heavy atom. The third-order valence-electron chi connectivity index (χ3n) is 5.97. The van der Waals surface area contributed by atoms with Gasteiger partial charge in [-0.2, -0.15) is 0 Å². The van der Waals surface area contributed by atoms with E-state index in [0.29, 0.717) is 29.7 Å². The van der Waals surface area contributed by atoms with Gasteiger partial charge < -0.3 is 14.6 Å². The number of hydrogen-bond donors (Lipinski definition) is 1. The van der Waals surface area contributed by atoms with Crippen molar-refractivity contribution in [3.8, 4) is 0 Å². The summed E-state index contributed by atoms with van der Waals surface area (Å²) in [6.45, 7) is 8.18. The van der Waals surface area contributed by atoms with Crippen LogP contribution in [-0.4, -0.2) is 33.9 Å². The van der Waals surface area contributed by atoms with E-state index in [1.165, 1.54) is 5.56 Å². The molecule has 0 radical (unpaired) electrons. The van der Waals surface area contributed by atoms with Crippen molar-refractivity contribution >= 4 is 11.7 Å². The Kier molecular flexibility index (Phi) is 7.90. The number of hydrogen-bond acceptors (Lipinski definition) is 5. The number of carbonyl (C=O) groups is 1. The van der Waals surface area contributed by atoms with E-state index in [4.69, 9.17) is 9.40 Å². The van der Waals surface area contributed by atoms with E-state index in [9.17, 15) is 4.79 Å². The molecule has 6 heteroatoms. The zero-order valence-corrected chi connectivity index (χ0v) is 19.2. The van der Waals surface area contributed by atoms with Crippen LogP contribution < -0.4 is 5.32 Å². The number of piperidine rings is 1. The highest BCUT2D eigenvalue weighted by Gasteiger charge is 2.27. The molecule has 0 aliphatic carbocycles. The molecular formula is C27H36N4O2. The first-order chi connectivity index (χ1) is 15.4. The van der Waals surface area contributed by atoms with Gasteiger partial charge >= 0.3 is 0 Å². The van der Waals surface area contributed by atoms with Crippen LogP contribution in [0.4, 0.5) is 5.82 Å². The van der Waals surface area contributed by atoms with Crippen molar-refractivity contribution < 1.29 is 9.21 Å². The molecular weight excluding hydrogens is 412 g/mol. The van der Waals surface area contributed by atoms with Crippen LogP contribution >= 0.6 is 0 Å². The van der Waals surface area contributed by atoms with Crippen molar-refractivity contribution in [2.24, 2.45) is 5.92 Å². The summed E-state index contributed by atoms with van der Waals surface area (Å²) in [5.74, 6) is 2.67. The summed E-state index contributed by atoms with van der Waals surface area (Å²) < 4.78 is 5.43. The van der Waals surface area contributed by atoms with Gasteiger partial charge in [-0.1, -0.05) is 58.5 Å². The second-order valence-electron chi connectivity index (χ2n) is 9.56. The summed E-state index contributed by atoms with van der Waals surface area (Å²) >= 11 is 0. The average Bonchev–Trinajstić information content (AvgIpc) is 3.31. The molecule has 1 saturated heterocycles. The number of aromatic nitrogens is 2. The molecule has 1 aliphatic heterocycles. The van der Waals surface area contributed by atoms with Crippen LogP contribution in [0.25, 0.3) is 0 Å². The van der Waals surface area contributed by atoms with Crippen LogP contribution in [0, 0.1) is 5.92 Å². The Balaban J connectivity index is 0.00000306. The highest BCUT2D eigenvalue weighted by molar-refractivity contribution is 5.98. The molecule has 1 amide bonds. The van der Waals surface area contributed by atoms with E-state index in [1.807, 2.05) is 17.0 Å². The average molecular weight is 449 g/mol. The Morgan fingerprint density at radius 2 is 1.85 bits per heavy atom. The monoisotopic (exact) mass is 448 g/mol. The lowest BCUT2D eigenvalue weighted by molar-refractivity contribution is 0.0690. The van der Waals surface area contributed by atoms with Gasteiger partial charge in [-0.3, -0.25) is 4.79 Å². The van der Waals surface area contributed by atoms with Crippen molar-refractivity contribution in [3.05, 3.63) is 77.6 Å². The maximum absolute atomic E-state index is 13.4. The van der Waals surface area contributed by atoms with Crippen LogP contribution in [0.5, 0.6) is 0 Å². The molecule has 0 bridgehead atoms. The number of benzene rings is 1. The molecule has 2 aromatic heterocycles. The molecule has 1 aliphatic rings. The van der Waals surface area contributed by atoms with Crippen LogP contribution in [0.15, 0.2) is 59.3 Å². The van der Waals surface area contributed by atoms with Crippen LogP contribution in [0.3, 0.4) is 0 Å². The zero-order valence-electron chi connectivity index (χ0n) is 19.2. The van der Waals surface area contributed by atoms with Crippen molar-refractivity contribution in [1.82, 2.24) is 14.9 Å². The molecule has 6 nitrogen and oxygen atoms in total. The summed E-state index contributed by atoms with van der Waals surface area (Å²) in [5, 5.41) is 3.30. The quantitative estimate of drug-likeness (QED) is 0.523. The number of nitrogens with zero attached hydrogens (tertiary/aromatic N) is 3. The van der Waals surface area contributed by atoms with Crippen molar-refractivity contribution in [1.29, 1.82) is 0 Å². The molecule has 0 unspecified atom stereocenters. The molecule has 3 aromatic rings. The molecule has 0 saturated carbocycles. The minimum absolute atomic E-state index is 0. The van der Waals surface area contributed by atoms with E-state index >= 15 is 0 Å². The minimum Gasteiger partial charge on any atom is -0.467 e. The number of likely N-dealkylation sites (tertiary alicyclic amines) is 1. The molecule has 1 aromatic carbocycles. The Bertz CT molecular complexity index is 1020. The SMILES string of the molecule is C.CC(C)(C)c1ncc(C(=O)N2CCC(Cc3ccccc3)CC2)c(NCc2ccco2)n1. The summed E-state index contributed by atoms with van der Waals surface area (Å²) in [7, 11) is 0. The van der Waals surface area contributed by atoms with Gasteiger partial charge in [-0.15, -0.1) is 0 Å². The van der Waals surface area contributed by atoms with Gasteiger partial charge in [-0.05, 0) is 42.9 Å². The molecule has 176 valence electrons. The van der Waals surface area contributed by atoms with Crippen LogP contribution in [-0.2, 0) is 18.4 Å². The fourth-order valence-corrected chi connectivity index (χ4v) is 4.08. The fourth-order valence-electron chi connectivity index (χ4n) is 4.08. The molecule has 4 rings (SSSR count). The standard InChI is InChI=1S/C26H32N4O2.CH4/c1-26(2,3)25-28-18-22(23(29-25)27-17-21-10-7-15-32-21)24(31)30-13-11-20(12-14-30)16-19-8-5-4-6-9-19;/h4-10,15,18,20H,11-14,16-17H2,1-3H3,(H,27,28,29);1H4. The zero-order chi connectivity index (χ0) is 22.6. The van der Waals surface area contributed by atoms with Crippen molar-refractivity contribution in [2.75, 3.05) is 18.4 Å². The van der Waals surface area contributed by atoms with Gasteiger partial charge in [0.1, 0.15) is 23.0 Å². The fraction of sp³-hybridized carbons (Fsp3) is 0.444. The Hall–Kier alpha value is -3.15. The van der Waals surface area contributed by atoms with Gasteiger partial charge in [0.25, 0.3) is 5.91 Å². The van der Waals surface area contributed by atoms with E-state index in [-0.39, 0.29) is 18.7 Å². The number of carbonyl (C=O) groups excluding carboxylic acids is 1. The second kappa shape index (κ2) is 10.6. The summed E-state index contributed by atoms with van der Waals surface area (Å²) in [6.07, 6.45) is 6.41. The number of nitrogens with one attached hydrogen (secondary N) is 1. The smallest absolute Gasteiger partial charge is 0.259 e. The predicted molar refractivity (Wildman–Crippen MR) is 132 cm³/mol. The van der Waals surface area contributed by atoms with Gasteiger partial charge in [0.15, 0.2) is 0 Å². The van der Waals surface area contributed by atoms with Gasteiger partial charge in [-0.25, -0.2) is 9.97 Å². The molecule has 3 heterocycles. The largest absolute Gasteiger partial charge is 0.467 e. The van der Waals surface area contributed by atoms with Crippen LogP contribution in [0.1, 0.15) is 68.5 Å². The first kappa shape index (κ1) is 24.5. The van der Waals surface area contributed by atoms with Gasteiger partial charge in [0.2, 0.25) is 0 Å². The second-order valence-corrected chi connectivity index (χ2v) is 9.56. The number of rotatable bonds is 6. The maximum Gasteiger partial charge on any atom is 0.259 e. The van der Waals surface area contributed by atoms with Gasteiger partial charge in [0.05, 0.1) is 12.8 Å². The first-order valence-corrected chi connectivity index (χ1v) is 11.4. The van der Waals surface area contributed by atoms with Crippen LogP contribution in [0.2, 0.25) is 0 Å². The van der Waals surface area contributed by atoms with E-state index < -0.39 is 0 Å². The Morgan fingerprint density at radius 1 is 1.12 bits per heavy atom. The Labute approximate surface area is 197 Å². The lowest BCUT2D eigenvalue weighted by Gasteiger charge is -2.32. The number of furan rings is 1. The summed E-state index contributed by atoms with van der Waals surface area (Å²) in [5.41, 5.74) is 1.68. The molecule has 1 fully saturated rings. The summed E-state index contributed by atoms with van der Waals surface area (Å²) in [6, 6.07) is 14.3. The predicted octanol–water partition coefficient (Wildman–Crippen LogP) is 5.71. The molecule has 1 N–H and O–H groups in total. The number of amides is 1. The molecule has 0 spiro atoms. The van der Waals surface area contributed by atoms with Crippen molar-refractivity contribution in [3.63, 3.8) is 0 Å². The highest BCUT2D eigenvalue weighted by Crippen LogP contribution is 2.26. The molecule has 0 atom stereocenters. The van der Waals surface area contributed by atoms with Gasteiger partial charge in [0, 0.05) is 24.7 Å². The van der Waals surface area contributed by atoms with E-state index in [1.54, 1.807) is 12.5 Å². The summed E-state index contributed by atoms with van der Waals surface area (Å²) in [4.78, 5) is 24.6. The molecule has 33 heavy (non-hydrogen) atoms. The normalized spacial score (nSPS) is 14.6. The topological polar surface area (TPSA) is 71.3 Å². The van der Waals surface area contributed by atoms with Crippen molar-refractivity contribution in [2.45, 2.75) is 59.4 Å².